The first-order chi connectivity index (χ1) is 27.7. The molecule has 2 saturated heterocycles. The van der Waals surface area contributed by atoms with E-state index in [1.807, 2.05) is 4.90 Å². The molecule has 308 valence electrons. The monoisotopic (exact) mass is 818 g/mol. The molecule has 0 radical (unpaired) electrons. The van der Waals surface area contributed by atoms with Crippen molar-refractivity contribution in [2.24, 2.45) is 13.0 Å². The largest absolute Gasteiger partial charge is 0.352 e. The highest BCUT2D eigenvalue weighted by Crippen LogP contribution is 2.33. The third kappa shape index (κ3) is 8.80. The molecule has 2 N–H and O–H groups in total. The quantitative estimate of drug-likeness (QED) is 0.210. The normalized spacial score (nSPS) is 17.6. The van der Waals surface area contributed by atoms with Crippen LogP contribution in [0, 0.1) is 24.5 Å². The topological polar surface area (TPSA) is 134 Å². The van der Waals surface area contributed by atoms with Crippen LogP contribution >= 0.6 is 11.6 Å². The summed E-state index contributed by atoms with van der Waals surface area (Å²) in [6, 6.07) is 7.59. The number of hydrogen-bond donors (Lipinski definition) is 2. The standard InChI is InChI=1S/C42H50ClF2N9O4/c1-26-33(24-53(49-26)25-36(55)47-28-8-6-5-7-9-28)30-12-13-32(38(45)37(30)44)35-23-46-39(50(35)2)40(56)48-29-10-11-31(34(43)22-29)42(58)52-18-16-51(17-19-52)41(57)27-14-20-54(3,4)21-15-27/h10-13,22-24,27-28H,5-9,14-21,25H2,1-4H3,(H-,47,48,55,56,58)/p+1. The van der Waals surface area contributed by atoms with Crippen LogP contribution in [0.3, 0.4) is 0 Å². The Morgan fingerprint density at radius 1 is 0.879 bits per heavy atom. The number of rotatable bonds is 9. The molecule has 0 bridgehead atoms. The predicted octanol–water partition coefficient (Wildman–Crippen LogP) is 5.66. The number of aryl methyl sites for hydroxylation is 1. The van der Waals surface area contributed by atoms with Crippen molar-refractivity contribution in [3.63, 3.8) is 0 Å². The van der Waals surface area contributed by atoms with Crippen molar-refractivity contribution in [2.75, 3.05) is 58.7 Å². The van der Waals surface area contributed by atoms with Gasteiger partial charge in [0.15, 0.2) is 17.5 Å². The number of hydrogen-bond acceptors (Lipinski definition) is 6. The molecule has 3 fully saturated rings. The second-order valence-electron chi connectivity index (χ2n) is 16.5. The minimum absolute atomic E-state index is 0.00704. The highest BCUT2D eigenvalue weighted by atomic mass is 35.5. The lowest BCUT2D eigenvalue weighted by molar-refractivity contribution is -0.895. The summed E-state index contributed by atoms with van der Waals surface area (Å²) in [7, 11) is 5.89. The number of piperazine rings is 1. The molecule has 7 rings (SSSR count). The average molecular weight is 819 g/mol. The van der Waals surface area contributed by atoms with Gasteiger partial charge in [-0.25, -0.2) is 13.8 Å². The molecule has 2 aromatic heterocycles. The van der Waals surface area contributed by atoms with Crippen molar-refractivity contribution >= 4 is 40.9 Å². The van der Waals surface area contributed by atoms with E-state index >= 15 is 8.78 Å². The number of imidazole rings is 1. The van der Waals surface area contributed by atoms with Crippen molar-refractivity contribution in [3.8, 4) is 22.4 Å². The van der Waals surface area contributed by atoms with Crippen molar-refractivity contribution in [1.29, 1.82) is 0 Å². The minimum atomic E-state index is -1.12. The van der Waals surface area contributed by atoms with Crippen molar-refractivity contribution in [1.82, 2.24) is 34.4 Å². The Morgan fingerprint density at radius 2 is 1.53 bits per heavy atom. The molecule has 1 saturated carbocycles. The van der Waals surface area contributed by atoms with Gasteiger partial charge in [0.2, 0.25) is 11.8 Å². The van der Waals surface area contributed by atoms with E-state index in [0.717, 1.165) is 56.1 Å². The van der Waals surface area contributed by atoms with Gasteiger partial charge in [0, 0.05) is 86.6 Å². The number of likely N-dealkylation sites (tertiary alicyclic amines) is 1. The molecule has 16 heteroatoms. The molecule has 4 heterocycles. The third-order valence-corrected chi connectivity index (χ3v) is 12.2. The highest BCUT2D eigenvalue weighted by molar-refractivity contribution is 6.34. The lowest BCUT2D eigenvalue weighted by Crippen LogP contribution is -2.54. The van der Waals surface area contributed by atoms with Gasteiger partial charge in [0.25, 0.3) is 11.8 Å². The maximum Gasteiger partial charge on any atom is 0.291 e. The van der Waals surface area contributed by atoms with E-state index in [1.165, 1.54) is 53.3 Å². The lowest BCUT2D eigenvalue weighted by atomic mass is 9.94. The van der Waals surface area contributed by atoms with Gasteiger partial charge < -0.3 is 29.5 Å². The van der Waals surface area contributed by atoms with Crippen molar-refractivity contribution in [2.45, 2.75) is 64.5 Å². The second-order valence-corrected chi connectivity index (χ2v) is 16.9. The molecule has 58 heavy (non-hydrogen) atoms. The molecule has 3 aliphatic rings. The number of nitrogens with zero attached hydrogens (tertiary/aromatic N) is 7. The first-order valence-electron chi connectivity index (χ1n) is 20.0. The Bertz CT molecular complexity index is 2210. The number of piperidine rings is 1. The summed E-state index contributed by atoms with van der Waals surface area (Å²) in [5.41, 5.74) is 1.45. The third-order valence-electron chi connectivity index (χ3n) is 11.9. The molecule has 4 aromatic rings. The fourth-order valence-electron chi connectivity index (χ4n) is 8.38. The summed E-state index contributed by atoms with van der Waals surface area (Å²) < 4.78 is 35.2. The Balaban J connectivity index is 0.966. The van der Waals surface area contributed by atoms with Gasteiger partial charge in [-0.05, 0) is 44.0 Å². The molecule has 13 nitrogen and oxygen atoms in total. The van der Waals surface area contributed by atoms with E-state index in [0.29, 0.717) is 43.1 Å². The number of carbonyl (C=O) groups is 4. The number of nitrogens with one attached hydrogen (secondary N) is 2. The number of benzene rings is 2. The lowest BCUT2D eigenvalue weighted by Gasteiger charge is -2.40. The van der Waals surface area contributed by atoms with Gasteiger partial charge in [-0.1, -0.05) is 36.9 Å². The van der Waals surface area contributed by atoms with Gasteiger partial charge in [-0.3, -0.25) is 23.9 Å². The van der Waals surface area contributed by atoms with Crippen LogP contribution in [0.25, 0.3) is 22.4 Å². The number of anilines is 1. The van der Waals surface area contributed by atoms with Crippen LogP contribution in [-0.2, 0) is 23.2 Å². The first-order valence-corrected chi connectivity index (χ1v) is 20.4. The van der Waals surface area contributed by atoms with E-state index in [1.54, 1.807) is 24.0 Å². The molecule has 1 aliphatic carbocycles. The SMILES string of the molecule is Cc1nn(CC(=O)NC2CCCCC2)cc1-c1ccc(-c2cnc(C(=O)Nc3ccc(C(=O)N4CCN(C(=O)C5CC[N+](C)(C)CC5)CC4)c(Cl)c3)n2C)c(F)c1F. The zero-order valence-electron chi connectivity index (χ0n) is 33.5. The Morgan fingerprint density at radius 3 is 2.22 bits per heavy atom. The van der Waals surface area contributed by atoms with Crippen LogP contribution < -0.4 is 10.6 Å². The second kappa shape index (κ2) is 17.0. The van der Waals surface area contributed by atoms with E-state index in [2.05, 4.69) is 34.8 Å². The summed E-state index contributed by atoms with van der Waals surface area (Å²) in [4.78, 5) is 60.4. The average Bonchev–Trinajstić information content (AvgIpc) is 3.76. The van der Waals surface area contributed by atoms with Crippen LogP contribution in [-0.4, -0.2) is 117 Å². The Hall–Kier alpha value is -5.15. The van der Waals surface area contributed by atoms with Gasteiger partial charge in [-0.15, -0.1) is 0 Å². The van der Waals surface area contributed by atoms with E-state index < -0.39 is 17.5 Å². The van der Waals surface area contributed by atoms with Gasteiger partial charge in [0.05, 0.1) is 55.4 Å². The summed E-state index contributed by atoms with van der Waals surface area (Å²) >= 11 is 6.56. The van der Waals surface area contributed by atoms with E-state index in [9.17, 15) is 19.2 Å². The first kappa shape index (κ1) is 41.0. The number of halogens is 3. The molecular weight excluding hydrogens is 768 g/mol. The van der Waals surface area contributed by atoms with Crippen LogP contribution in [0.1, 0.15) is 71.6 Å². The maximum atomic E-state index is 15.7. The van der Waals surface area contributed by atoms with Crippen LogP contribution in [0.4, 0.5) is 14.5 Å². The van der Waals surface area contributed by atoms with Gasteiger partial charge >= 0.3 is 0 Å². The van der Waals surface area contributed by atoms with Crippen molar-refractivity contribution in [3.05, 3.63) is 76.5 Å². The van der Waals surface area contributed by atoms with E-state index in [-0.39, 0.29) is 69.5 Å². The van der Waals surface area contributed by atoms with Crippen LogP contribution in [0.5, 0.6) is 0 Å². The smallest absolute Gasteiger partial charge is 0.291 e. The van der Waals surface area contributed by atoms with E-state index in [4.69, 9.17) is 11.6 Å². The zero-order valence-corrected chi connectivity index (χ0v) is 34.2. The molecule has 0 atom stereocenters. The summed E-state index contributed by atoms with van der Waals surface area (Å²) in [5, 5.41) is 10.3. The fourth-order valence-corrected chi connectivity index (χ4v) is 8.64. The number of quaternary nitrogens is 1. The molecular formula is C42H51ClF2N9O4+. The number of amides is 4. The summed E-state index contributed by atoms with van der Waals surface area (Å²) in [6.07, 6.45) is 9.82. The van der Waals surface area contributed by atoms with Gasteiger partial charge in [-0.2, -0.15) is 5.10 Å². The molecule has 2 aliphatic heterocycles. The predicted molar refractivity (Wildman–Crippen MR) is 216 cm³/mol. The fraction of sp³-hybridized carbons (Fsp3) is 0.476. The summed E-state index contributed by atoms with van der Waals surface area (Å²) in [5.74, 6) is -3.15. The van der Waals surface area contributed by atoms with Crippen LogP contribution in [0.2, 0.25) is 5.02 Å². The molecule has 0 unspecified atom stereocenters. The molecule has 0 spiro atoms. The van der Waals surface area contributed by atoms with Crippen molar-refractivity contribution < 1.29 is 32.4 Å². The zero-order chi connectivity index (χ0) is 41.3. The highest BCUT2D eigenvalue weighted by Gasteiger charge is 2.35. The maximum absolute atomic E-state index is 15.7. The Labute approximate surface area is 341 Å². The Kier molecular flexibility index (Phi) is 12.0. The minimum Gasteiger partial charge on any atom is -0.352 e. The molecule has 4 amide bonds. The van der Waals surface area contributed by atoms with Crippen LogP contribution in [0.15, 0.2) is 42.7 Å². The number of carbonyl (C=O) groups excluding carboxylic acids is 4. The van der Waals surface area contributed by atoms with Gasteiger partial charge in [0.1, 0.15) is 6.54 Å². The number of aromatic nitrogens is 4. The molecule has 2 aromatic carbocycles. The summed E-state index contributed by atoms with van der Waals surface area (Å²) in [6.45, 7) is 5.30.